The minimum absolute atomic E-state index is 0.261. The normalized spacial score (nSPS) is 19.4. The molecule has 112 valence electrons. The Labute approximate surface area is 114 Å². The van der Waals surface area contributed by atoms with E-state index < -0.39 is 17.3 Å². The minimum atomic E-state index is -0.849. The summed E-state index contributed by atoms with van der Waals surface area (Å²) in [6.07, 6.45) is 1.97. The van der Waals surface area contributed by atoms with Crippen LogP contribution in [0.3, 0.4) is 0 Å². The number of nitrogens with one attached hydrogen (secondary N) is 1. The third kappa shape index (κ3) is 5.76. The van der Waals surface area contributed by atoms with Crippen LogP contribution in [0.15, 0.2) is 0 Å². The van der Waals surface area contributed by atoms with E-state index in [2.05, 4.69) is 5.32 Å². The molecule has 19 heavy (non-hydrogen) atoms. The van der Waals surface area contributed by atoms with Gasteiger partial charge in [-0.15, -0.1) is 0 Å². The summed E-state index contributed by atoms with van der Waals surface area (Å²) in [6, 6.07) is -0.261. The van der Waals surface area contributed by atoms with Crippen LogP contribution in [0.1, 0.15) is 40.0 Å². The Morgan fingerprint density at radius 1 is 1.47 bits per heavy atom. The topological polar surface area (TPSA) is 93.8 Å². The quantitative estimate of drug-likeness (QED) is 0.622. The van der Waals surface area contributed by atoms with Gasteiger partial charge >= 0.3 is 6.09 Å². The van der Waals surface area contributed by atoms with E-state index in [1.54, 1.807) is 0 Å². The number of hydrogen-bond acceptors (Lipinski definition) is 5. The summed E-state index contributed by atoms with van der Waals surface area (Å²) in [7, 11) is 0. The second kappa shape index (κ2) is 6.54. The van der Waals surface area contributed by atoms with Crippen LogP contribution in [0.4, 0.5) is 4.79 Å². The Hall–Kier alpha value is -0.850. The zero-order valence-corrected chi connectivity index (χ0v) is 12.1. The molecule has 0 aliphatic carbocycles. The van der Waals surface area contributed by atoms with Crippen molar-refractivity contribution in [3.63, 3.8) is 0 Å². The lowest BCUT2D eigenvalue weighted by Gasteiger charge is -2.41. The highest BCUT2D eigenvalue weighted by Crippen LogP contribution is 2.22. The Bertz CT molecular complexity index is 298. The van der Waals surface area contributed by atoms with Crippen LogP contribution < -0.4 is 11.1 Å². The number of hydrogen-bond donors (Lipinski definition) is 3. The molecular weight excluding hydrogens is 248 g/mol. The maximum absolute atomic E-state index is 11.4. The SMILES string of the molecule is CC(C)(C)OC(=O)NCCCCC(N)C1(O)COC1. The first-order chi connectivity index (χ1) is 8.73. The van der Waals surface area contributed by atoms with Crippen LogP contribution >= 0.6 is 0 Å². The average Bonchev–Trinajstić information content (AvgIpc) is 2.22. The number of amides is 1. The van der Waals surface area contributed by atoms with E-state index >= 15 is 0 Å². The molecule has 6 heteroatoms. The third-order valence-corrected chi connectivity index (χ3v) is 3.00. The summed E-state index contributed by atoms with van der Waals surface area (Å²) in [5.41, 5.74) is 4.58. The van der Waals surface area contributed by atoms with E-state index in [-0.39, 0.29) is 6.04 Å². The molecule has 1 unspecified atom stereocenters. The maximum atomic E-state index is 11.4. The first kappa shape index (κ1) is 16.2. The molecule has 0 spiro atoms. The molecule has 1 aliphatic heterocycles. The number of carbonyl (C=O) groups excluding carboxylic acids is 1. The number of aliphatic hydroxyl groups is 1. The van der Waals surface area contributed by atoms with Gasteiger partial charge in [-0.25, -0.2) is 4.79 Å². The fourth-order valence-corrected chi connectivity index (χ4v) is 1.79. The van der Waals surface area contributed by atoms with Gasteiger partial charge in [0.05, 0.1) is 13.2 Å². The molecule has 1 fully saturated rings. The van der Waals surface area contributed by atoms with E-state index in [0.29, 0.717) is 19.8 Å². The van der Waals surface area contributed by atoms with Gasteiger partial charge in [-0.3, -0.25) is 0 Å². The number of rotatable bonds is 6. The highest BCUT2D eigenvalue weighted by molar-refractivity contribution is 5.67. The second-order valence-corrected chi connectivity index (χ2v) is 6.13. The molecule has 1 heterocycles. The first-order valence-electron chi connectivity index (χ1n) is 6.75. The van der Waals surface area contributed by atoms with Gasteiger partial charge in [0, 0.05) is 12.6 Å². The summed E-state index contributed by atoms with van der Waals surface area (Å²) in [4.78, 5) is 11.4. The number of nitrogens with two attached hydrogens (primary N) is 1. The summed E-state index contributed by atoms with van der Waals surface area (Å²) >= 11 is 0. The highest BCUT2D eigenvalue weighted by Gasteiger charge is 2.41. The summed E-state index contributed by atoms with van der Waals surface area (Å²) in [5, 5.41) is 12.6. The van der Waals surface area contributed by atoms with Crippen molar-refractivity contribution in [3.05, 3.63) is 0 Å². The van der Waals surface area contributed by atoms with Gasteiger partial charge in [0.2, 0.25) is 0 Å². The maximum Gasteiger partial charge on any atom is 0.407 e. The molecule has 1 rings (SSSR count). The lowest BCUT2D eigenvalue weighted by molar-refractivity contribution is -0.190. The zero-order valence-electron chi connectivity index (χ0n) is 12.1. The lowest BCUT2D eigenvalue weighted by Crippen LogP contribution is -2.61. The van der Waals surface area contributed by atoms with E-state index in [0.717, 1.165) is 19.3 Å². The number of alkyl carbamates (subject to hydrolysis) is 1. The van der Waals surface area contributed by atoms with Crippen LogP contribution in [0.5, 0.6) is 0 Å². The van der Waals surface area contributed by atoms with Crippen molar-refractivity contribution in [2.24, 2.45) is 5.73 Å². The monoisotopic (exact) mass is 274 g/mol. The van der Waals surface area contributed by atoms with Gasteiger partial charge < -0.3 is 25.6 Å². The van der Waals surface area contributed by atoms with Crippen molar-refractivity contribution in [3.8, 4) is 0 Å². The minimum Gasteiger partial charge on any atom is -0.444 e. The predicted octanol–water partition coefficient (Wildman–Crippen LogP) is 0.770. The summed E-state index contributed by atoms with van der Waals surface area (Å²) in [6.45, 7) is 6.68. The van der Waals surface area contributed by atoms with Crippen LogP contribution in [0, 0.1) is 0 Å². The Kier molecular flexibility index (Phi) is 5.58. The molecule has 0 aromatic rings. The van der Waals surface area contributed by atoms with Crippen molar-refractivity contribution in [2.75, 3.05) is 19.8 Å². The van der Waals surface area contributed by atoms with Crippen LogP contribution in [-0.4, -0.2) is 48.2 Å². The molecule has 0 bridgehead atoms. The number of unbranched alkanes of at least 4 members (excludes halogenated alkanes) is 1. The lowest BCUT2D eigenvalue weighted by atomic mass is 9.89. The van der Waals surface area contributed by atoms with Crippen LogP contribution in [0.25, 0.3) is 0 Å². The molecule has 4 N–H and O–H groups in total. The molecule has 1 atom stereocenters. The molecule has 0 saturated carbocycles. The third-order valence-electron chi connectivity index (χ3n) is 3.00. The predicted molar refractivity (Wildman–Crippen MR) is 71.8 cm³/mol. The molecule has 1 saturated heterocycles. The van der Waals surface area contributed by atoms with Crippen molar-refractivity contribution in [1.29, 1.82) is 0 Å². The van der Waals surface area contributed by atoms with Gasteiger partial charge in [-0.1, -0.05) is 6.42 Å². The highest BCUT2D eigenvalue weighted by atomic mass is 16.6. The average molecular weight is 274 g/mol. The molecule has 6 nitrogen and oxygen atoms in total. The second-order valence-electron chi connectivity index (χ2n) is 6.13. The van der Waals surface area contributed by atoms with Gasteiger partial charge in [0.15, 0.2) is 0 Å². The first-order valence-corrected chi connectivity index (χ1v) is 6.75. The van der Waals surface area contributed by atoms with E-state index in [1.165, 1.54) is 0 Å². The Morgan fingerprint density at radius 3 is 2.58 bits per heavy atom. The molecule has 0 aromatic heterocycles. The summed E-state index contributed by atoms with van der Waals surface area (Å²) < 4.78 is 10.1. The fourth-order valence-electron chi connectivity index (χ4n) is 1.79. The van der Waals surface area contributed by atoms with Crippen LogP contribution in [-0.2, 0) is 9.47 Å². The van der Waals surface area contributed by atoms with Crippen LogP contribution in [0.2, 0.25) is 0 Å². The Balaban J connectivity index is 2.03. The van der Waals surface area contributed by atoms with E-state index in [1.807, 2.05) is 20.8 Å². The molecule has 0 aromatic carbocycles. The van der Waals surface area contributed by atoms with Crippen molar-refractivity contribution >= 4 is 6.09 Å². The van der Waals surface area contributed by atoms with Crippen molar-refractivity contribution < 1.29 is 19.4 Å². The summed E-state index contributed by atoms with van der Waals surface area (Å²) in [5.74, 6) is 0. The smallest absolute Gasteiger partial charge is 0.407 e. The Morgan fingerprint density at radius 2 is 2.11 bits per heavy atom. The number of ether oxygens (including phenoxy) is 2. The standard InChI is InChI=1S/C13H26N2O4/c1-12(2,3)19-11(16)15-7-5-4-6-10(14)13(17)8-18-9-13/h10,17H,4-9,14H2,1-3H3,(H,15,16). The molecular formula is C13H26N2O4. The van der Waals surface area contributed by atoms with E-state index in [4.69, 9.17) is 15.2 Å². The zero-order chi connectivity index (χ0) is 14.5. The molecule has 0 radical (unpaired) electrons. The van der Waals surface area contributed by atoms with Gasteiger partial charge in [0.25, 0.3) is 0 Å². The van der Waals surface area contributed by atoms with Crippen molar-refractivity contribution in [2.45, 2.75) is 57.3 Å². The largest absolute Gasteiger partial charge is 0.444 e. The number of carbonyl (C=O) groups is 1. The van der Waals surface area contributed by atoms with Gasteiger partial charge in [0.1, 0.15) is 11.2 Å². The molecule has 1 amide bonds. The van der Waals surface area contributed by atoms with Gasteiger partial charge in [-0.05, 0) is 33.6 Å². The van der Waals surface area contributed by atoms with Crippen molar-refractivity contribution in [1.82, 2.24) is 5.32 Å². The molecule has 1 aliphatic rings. The van der Waals surface area contributed by atoms with Gasteiger partial charge in [-0.2, -0.15) is 0 Å². The fraction of sp³-hybridized carbons (Fsp3) is 0.923. The van der Waals surface area contributed by atoms with E-state index in [9.17, 15) is 9.90 Å².